The number of quaternary nitrogens is 2. The third-order valence-corrected chi connectivity index (χ3v) is 8.20. The minimum Gasteiger partial charge on any atom is -1.00 e. The Labute approximate surface area is 201 Å². The van der Waals surface area contributed by atoms with Crippen LogP contribution in [0.5, 0.6) is 0 Å². The Morgan fingerprint density at radius 2 is 0.938 bits per heavy atom. The van der Waals surface area contributed by atoms with Gasteiger partial charge in [-0.1, -0.05) is 12.2 Å². The molecule has 0 aromatic rings. The molecule has 4 fully saturated rings. The maximum absolute atomic E-state index is 13.2. The van der Waals surface area contributed by atoms with Crippen LogP contribution in [0, 0.1) is 47.3 Å². The average molecular weight is 487 g/mol. The number of fused-ring (bicyclic) bond motifs is 1. The summed E-state index contributed by atoms with van der Waals surface area (Å²) >= 11 is 0. The van der Waals surface area contributed by atoms with Crippen LogP contribution in [0.1, 0.15) is 0 Å². The lowest BCUT2D eigenvalue weighted by Gasteiger charge is -2.60. The molecule has 0 aromatic carbocycles. The molecule has 4 amide bonds. The third kappa shape index (κ3) is 3.25. The number of likely N-dealkylation sites (tertiary alicyclic amines) is 2. The van der Waals surface area contributed by atoms with Crippen molar-refractivity contribution >= 4 is 23.6 Å². The number of hydrogen-bond donors (Lipinski definition) is 2. The largest absolute Gasteiger partial charge is 1.00 e. The van der Waals surface area contributed by atoms with Crippen molar-refractivity contribution in [2.24, 2.45) is 47.3 Å². The van der Waals surface area contributed by atoms with Crippen LogP contribution in [0.4, 0.5) is 0 Å². The highest BCUT2D eigenvalue weighted by Gasteiger charge is 2.74. The summed E-state index contributed by atoms with van der Waals surface area (Å²) in [5.74, 6) is -1.73. The lowest BCUT2D eigenvalue weighted by molar-refractivity contribution is -0.857. The zero-order valence-corrected chi connectivity index (χ0v) is 20.4. The molecule has 2 saturated carbocycles. The molecule has 6 rings (SSSR count). The van der Waals surface area contributed by atoms with Crippen LogP contribution in [-0.4, -0.2) is 87.8 Å². The molecule has 0 spiro atoms. The van der Waals surface area contributed by atoms with Gasteiger partial charge in [-0.05, 0) is 23.7 Å². The normalized spacial score (nSPS) is 38.6. The number of imide groups is 2. The second-order valence-electron chi connectivity index (χ2n) is 10.4. The highest BCUT2D eigenvalue weighted by molar-refractivity contribution is 6.09. The molecule has 6 aliphatic rings. The first-order valence-corrected chi connectivity index (χ1v) is 11.2. The summed E-state index contributed by atoms with van der Waals surface area (Å²) in [6, 6.07) is 0. The van der Waals surface area contributed by atoms with Crippen molar-refractivity contribution < 1.29 is 53.8 Å². The SMILES string of the molecule is C[NH+](C)CCN1C(=O)C2C3C=CC(C2C1=O)C1C2C(=O)N(CC[NH+](C)C)C(=O)C2C31.[Cl-].[Cl-]. The Morgan fingerprint density at radius 1 is 0.625 bits per heavy atom. The maximum Gasteiger partial charge on any atom is 0.233 e. The molecule has 178 valence electrons. The standard InChI is InChI=1S/C22H30N4O4.2ClH/c1-23(2)7-9-25-19(27)15-11-5-6-12(16(15)20(25)28)14-13(11)17-18(14)22(30)26(21(17)29)10-8-24(3)4;;/h5-6,11-18H,7-10H2,1-4H3;2*1H. The summed E-state index contributed by atoms with van der Waals surface area (Å²) in [5, 5.41) is 0. The predicted octanol–water partition coefficient (Wildman–Crippen LogP) is -9.45. The monoisotopic (exact) mass is 486 g/mol. The van der Waals surface area contributed by atoms with Crippen molar-refractivity contribution in [2.75, 3.05) is 54.4 Å². The van der Waals surface area contributed by atoms with Gasteiger partial charge in [0.2, 0.25) is 23.6 Å². The summed E-state index contributed by atoms with van der Waals surface area (Å²) < 4.78 is 0. The van der Waals surface area contributed by atoms with E-state index in [1.807, 2.05) is 28.2 Å². The van der Waals surface area contributed by atoms with Crippen LogP contribution in [0.25, 0.3) is 0 Å². The van der Waals surface area contributed by atoms with E-state index in [0.717, 1.165) is 13.1 Å². The molecule has 4 aliphatic carbocycles. The number of halogens is 2. The van der Waals surface area contributed by atoms with Crippen molar-refractivity contribution in [1.82, 2.24) is 9.80 Å². The Hall–Kier alpha value is -1.48. The topological polar surface area (TPSA) is 83.6 Å². The number of amides is 4. The number of nitrogens with one attached hydrogen (secondary N) is 2. The second-order valence-corrected chi connectivity index (χ2v) is 10.4. The zero-order valence-electron chi connectivity index (χ0n) is 18.9. The molecule has 8 nitrogen and oxygen atoms in total. The minimum absolute atomic E-state index is 0. The van der Waals surface area contributed by atoms with Gasteiger partial charge in [0.25, 0.3) is 0 Å². The molecule has 2 bridgehead atoms. The fraction of sp³-hybridized carbons (Fsp3) is 0.727. The van der Waals surface area contributed by atoms with Crippen molar-refractivity contribution in [1.29, 1.82) is 0 Å². The molecule has 2 N–H and O–H groups in total. The van der Waals surface area contributed by atoms with Crippen LogP contribution in [0.15, 0.2) is 12.2 Å². The Bertz CT molecular complexity index is 807. The average Bonchev–Trinajstić information content (AvgIpc) is 3.03. The van der Waals surface area contributed by atoms with E-state index in [2.05, 4.69) is 12.2 Å². The van der Waals surface area contributed by atoms with E-state index in [1.165, 1.54) is 19.6 Å². The van der Waals surface area contributed by atoms with Gasteiger partial charge in [0, 0.05) is 0 Å². The minimum atomic E-state index is -0.352. The first kappa shape index (κ1) is 25.1. The Kier molecular flexibility index (Phi) is 6.84. The molecule has 8 unspecified atom stereocenters. The van der Waals surface area contributed by atoms with Gasteiger partial charge in [0.05, 0.1) is 78.0 Å². The maximum atomic E-state index is 13.2. The third-order valence-electron chi connectivity index (χ3n) is 8.20. The Morgan fingerprint density at radius 3 is 1.25 bits per heavy atom. The highest BCUT2D eigenvalue weighted by Crippen LogP contribution is 2.68. The fourth-order valence-corrected chi connectivity index (χ4v) is 6.84. The van der Waals surface area contributed by atoms with Gasteiger partial charge >= 0.3 is 0 Å². The first-order valence-electron chi connectivity index (χ1n) is 11.2. The van der Waals surface area contributed by atoms with Gasteiger partial charge in [0.15, 0.2) is 0 Å². The number of likely N-dealkylation sites (N-methyl/N-ethyl adjacent to an activating group) is 2. The van der Waals surface area contributed by atoms with Crippen LogP contribution < -0.4 is 34.6 Å². The molecule has 0 radical (unpaired) electrons. The van der Waals surface area contributed by atoms with Crippen molar-refractivity contribution in [3.63, 3.8) is 0 Å². The summed E-state index contributed by atoms with van der Waals surface area (Å²) in [5.41, 5.74) is 0. The van der Waals surface area contributed by atoms with Crippen LogP contribution in [0.2, 0.25) is 0 Å². The fourth-order valence-electron chi connectivity index (χ4n) is 6.84. The van der Waals surface area contributed by atoms with Crippen molar-refractivity contribution in [3.05, 3.63) is 12.2 Å². The predicted molar refractivity (Wildman–Crippen MR) is 106 cm³/mol. The van der Waals surface area contributed by atoms with E-state index in [1.54, 1.807) is 0 Å². The number of nitrogens with zero attached hydrogens (tertiary/aromatic N) is 2. The summed E-state index contributed by atoms with van der Waals surface area (Å²) in [7, 11) is 8.02. The first-order chi connectivity index (χ1) is 14.2. The number of carbonyl (C=O) groups is 4. The Balaban J connectivity index is 0.00000144. The van der Waals surface area contributed by atoms with E-state index < -0.39 is 0 Å². The van der Waals surface area contributed by atoms with Crippen LogP contribution in [0.3, 0.4) is 0 Å². The summed E-state index contributed by atoms with van der Waals surface area (Å²) in [6.45, 7) is 2.33. The highest BCUT2D eigenvalue weighted by atomic mass is 35.5. The molecule has 8 atom stereocenters. The number of allylic oxidation sites excluding steroid dienone is 2. The molecule has 2 heterocycles. The number of hydrogen-bond acceptors (Lipinski definition) is 4. The van der Waals surface area contributed by atoms with Gasteiger partial charge < -0.3 is 34.6 Å². The van der Waals surface area contributed by atoms with Crippen molar-refractivity contribution in [3.8, 4) is 0 Å². The van der Waals surface area contributed by atoms with Crippen LogP contribution in [-0.2, 0) is 19.2 Å². The molecule has 10 heteroatoms. The molecular formula is C22H32Cl2N4O4. The number of rotatable bonds is 6. The van der Waals surface area contributed by atoms with Crippen LogP contribution >= 0.6 is 0 Å². The van der Waals surface area contributed by atoms with Gasteiger partial charge in [-0.2, -0.15) is 0 Å². The molecule has 2 aliphatic heterocycles. The molecule has 32 heavy (non-hydrogen) atoms. The molecule has 2 saturated heterocycles. The van der Waals surface area contributed by atoms with E-state index in [0.29, 0.717) is 13.1 Å². The van der Waals surface area contributed by atoms with Gasteiger partial charge in [-0.25, -0.2) is 0 Å². The van der Waals surface area contributed by atoms with Crippen molar-refractivity contribution in [2.45, 2.75) is 0 Å². The summed E-state index contributed by atoms with van der Waals surface area (Å²) in [6.07, 6.45) is 4.14. The quantitative estimate of drug-likeness (QED) is 0.288. The zero-order chi connectivity index (χ0) is 21.5. The van der Waals surface area contributed by atoms with Gasteiger partial charge in [-0.3, -0.25) is 29.0 Å². The summed E-state index contributed by atoms with van der Waals surface area (Å²) in [4.78, 5) is 57.9. The van der Waals surface area contributed by atoms with E-state index >= 15 is 0 Å². The molecule has 0 aromatic heterocycles. The van der Waals surface area contributed by atoms with E-state index in [-0.39, 0.29) is 95.8 Å². The van der Waals surface area contributed by atoms with E-state index in [4.69, 9.17) is 0 Å². The second kappa shape index (κ2) is 8.70. The number of carbonyl (C=O) groups excluding carboxylic acids is 4. The van der Waals surface area contributed by atoms with Gasteiger partial charge in [-0.15, -0.1) is 0 Å². The lowest BCUT2D eigenvalue weighted by atomic mass is 9.40. The lowest BCUT2D eigenvalue weighted by Crippen LogP contribution is -3.06. The smallest absolute Gasteiger partial charge is 0.233 e. The van der Waals surface area contributed by atoms with E-state index in [9.17, 15) is 19.2 Å². The molecular weight excluding hydrogens is 455 g/mol. The van der Waals surface area contributed by atoms with Gasteiger partial charge in [0.1, 0.15) is 0 Å².